The van der Waals surface area contributed by atoms with Gasteiger partial charge in [0.2, 0.25) is 5.91 Å². The number of hydrogen-bond acceptors (Lipinski definition) is 2. The number of fused-ring (bicyclic) bond motifs is 1. The van der Waals surface area contributed by atoms with Crippen molar-refractivity contribution in [3.8, 4) is 0 Å². The largest absolute Gasteiger partial charge is 0.362 e. The predicted molar refractivity (Wildman–Crippen MR) is 85.7 cm³/mol. The molecule has 1 aromatic rings. The number of carbonyl (C=O) groups excluding carboxylic acids is 1. The zero-order valence-electron chi connectivity index (χ0n) is 10.8. The van der Waals surface area contributed by atoms with Crippen LogP contribution in [0.15, 0.2) is 33.9 Å². The van der Waals surface area contributed by atoms with Crippen LogP contribution in [0.2, 0.25) is 0 Å². The van der Waals surface area contributed by atoms with Crippen molar-refractivity contribution >= 4 is 34.2 Å². The number of halogens is 1. The minimum atomic E-state index is 0.247. The molecule has 0 bridgehead atoms. The van der Waals surface area contributed by atoms with Crippen molar-refractivity contribution in [1.29, 1.82) is 0 Å². The van der Waals surface area contributed by atoms with Gasteiger partial charge in [-0.05, 0) is 50.6 Å². The molecule has 0 fully saturated rings. The van der Waals surface area contributed by atoms with E-state index in [4.69, 9.17) is 0 Å². The van der Waals surface area contributed by atoms with E-state index in [0.717, 1.165) is 32.5 Å². The molecule has 1 amide bonds. The zero-order chi connectivity index (χ0) is 13.2. The van der Waals surface area contributed by atoms with Gasteiger partial charge in [-0.2, -0.15) is 0 Å². The first-order chi connectivity index (χ1) is 9.24. The molecule has 3 nitrogen and oxygen atoms in total. The van der Waals surface area contributed by atoms with E-state index < -0.39 is 0 Å². The van der Waals surface area contributed by atoms with Gasteiger partial charge in [0.05, 0.1) is 6.54 Å². The van der Waals surface area contributed by atoms with Crippen LogP contribution in [0.1, 0.15) is 12.0 Å². The van der Waals surface area contributed by atoms with Gasteiger partial charge in [-0.15, -0.1) is 0 Å². The molecule has 0 saturated heterocycles. The Morgan fingerprint density at radius 3 is 2.84 bits per heavy atom. The highest BCUT2D eigenvalue weighted by Crippen LogP contribution is 2.27. The topological polar surface area (TPSA) is 23.6 Å². The Hall–Kier alpha value is -1.04. The fourth-order valence-electron chi connectivity index (χ4n) is 2.70. The number of para-hydroxylation sites is 1. The summed E-state index contributed by atoms with van der Waals surface area (Å²) in [4.78, 5) is 16.5. The monoisotopic (exact) mass is 368 g/mol. The Labute approximate surface area is 127 Å². The van der Waals surface area contributed by atoms with Gasteiger partial charge in [-0.3, -0.25) is 4.79 Å². The van der Waals surface area contributed by atoms with Crippen LogP contribution in [0.3, 0.4) is 0 Å². The molecular weight excluding hydrogens is 351 g/mol. The van der Waals surface area contributed by atoms with E-state index in [0.29, 0.717) is 6.54 Å². The van der Waals surface area contributed by atoms with Crippen LogP contribution in [0.25, 0.3) is 0 Å². The number of carbonyl (C=O) groups is 1. The van der Waals surface area contributed by atoms with Gasteiger partial charge in [-0.1, -0.05) is 24.3 Å². The molecule has 0 unspecified atom stereocenters. The molecule has 0 saturated carbocycles. The number of rotatable bonds is 2. The van der Waals surface area contributed by atoms with Crippen molar-refractivity contribution in [1.82, 2.24) is 4.90 Å². The van der Waals surface area contributed by atoms with Crippen LogP contribution in [0.4, 0.5) is 5.69 Å². The summed E-state index contributed by atoms with van der Waals surface area (Å²) >= 11 is 2.35. The van der Waals surface area contributed by atoms with Crippen LogP contribution in [0, 0.1) is 0 Å². The van der Waals surface area contributed by atoms with Gasteiger partial charge in [0.15, 0.2) is 0 Å². The number of hydrogen-bond donors (Lipinski definition) is 0. The van der Waals surface area contributed by atoms with E-state index in [1.165, 1.54) is 14.8 Å². The van der Waals surface area contributed by atoms with E-state index in [1.807, 2.05) is 11.0 Å². The second-order valence-electron chi connectivity index (χ2n) is 5.04. The number of amides is 1. The van der Waals surface area contributed by atoms with Crippen LogP contribution < -0.4 is 4.90 Å². The Balaban J connectivity index is 1.65. The third kappa shape index (κ3) is 2.78. The summed E-state index contributed by atoms with van der Waals surface area (Å²) in [6, 6.07) is 8.40. The Morgan fingerprint density at radius 1 is 1.21 bits per heavy atom. The average Bonchev–Trinajstić information content (AvgIpc) is 2.83. The first kappa shape index (κ1) is 13.0. The molecule has 19 heavy (non-hydrogen) atoms. The maximum Gasteiger partial charge on any atom is 0.242 e. The molecule has 0 atom stereocenters. The average molecular weight is 368 g/mol. The molecule has 0 radical (unpaired) electrons. The molecule has 3 rings (SSSR count). The number of anilines is 1. The first-order valence-corrected chi connectivity index (χ1v) is 7.77. The Morgan fingerprint density at radius 2 is 2.05 bits per heavy atom. The molecule has 2 heterocycles. The first-order valence-electron chi connectivity index (χ1n) is 6.69. The molecular formula is C15H17IN2O. The SMILES string of the molecule is O=C(CN1CCc2ccccc21)N1CC=C(I)CC1. The predicted octanol–water partition coefficient (Wildman–Crippen LogP) is 2.60. The lowest BCUT2D eigenvalue weighted by molar-refractivity contribution is -0.129. The van der Waals surface area contributed by atoms with Crippen molar-refractivity contribution < 1.29 is 4.79 Å². The summed E-state index contributed by atoms with van der Waals surface area (Å²) in [5.74, 6) is 0.247. The summed E-state index contributed by atoms with van der Waals surface area (Å²) in [5, 5.41) is 0. The lowest BCUT2D eigenvalue weighted by Crippen LogP contribution is -2.41. The smallest absolute Gasteiger partial charge is 0.242 e. The van der Waals surface area contributed by atoms with Gasteiger partial charge in [0.25, 0.3) is 0 Å². The fourth-order valence-corrected chi connectivity index (χ4v) is 3.14. The standard InChI is InChI=1S/C15H17IN2O/c16-13-6-9-17(10-7-13)15(19)11-18-8-5-12-3-1-2-4-14(12)18/h1-4,6H,5,7-11H2. The maximum absolute atomic E-state index is 12.3. The molecule has 0 aromatic heterocycles. The normalized spacial score (nSPS) is 18.3. The minimum Gasteiger partial charge on any atom is -0.362 e. The van der Waals surface area contributed by atoms with Crippen LogP contribution in [-0.2, 0) is 11.2 Å². The molecule has 1 aromatic carbocycles. The highest BCUT2D eigenvalue weighted by Gasteiger charge is 2.23. The molecule has 0 N–H and O–H groups in total. The van der Waals surface area contributed by atoms with E-state index in [2.05, 4.69) is 51.8 Å². The minimum absolute atomic E-state index is 0.247. The summed E-state index contributed by atoms with van der Waals surface area (Å²) in [7, 11) is 0. The summed E-state index contributed by atoms with van der Waals surface area (Å²) < 4.78 is 1.37. The van der Waals surface area contributed by atoms with Gasteiger partial charge < -0.3 is 9.80 Å². The molecule has 4 heteroatoms. The number of nitrogens with zero attached hydrogens (tertiary/aromatic N) is 2. The molecule has 0 spiro atoms. The van der Waals surface area contributed by atoms with E-state index in [1.54, 1.807) is 0 Å². The highest BCUT2D eigenvalue weighted by molar-refractivity contribution is 14.1. The van der Waals surface area contributed by atoms with Crippen molar-refractivity contribution in [2.45, 2.75) is 12.8 Å². The lowest BCUT2D eigenvalue weighted by atomic mass is 10.2. The lowest BCUT2D eigenvalue weighted by Gasteiger charge is -2.28. The second-order valence-corrected chi connectivity index (χ2v) is 6.43. The van der Waals surface area contributed by atoms with Crippen molar-refractivity contribution in [3.63, 3.8) is 0 Å². The quantitative estimate of drug-likeness (QED) is 0.750. The van der Waals surface area contributed by atoms with Gasteiger partial charge in [0, 0.05) is 25.3 Å². The van der Waals surface area contributed by atoms with Gasteiger partial charge >= 0.3 is 0 Å². The third-order valence-electron chi connectivity index (χ3n) is 3.82. The number of benzene rings is 1. The summed E-state index contributed by atoms with van der Waals surface area (Å²) in [6.07, 6.45) is 4.21. The molecule has 100 valence electrons. The fraction of sp³-hybridized carbons (Fsp3) is 0.400. The Kier molecular flexibility index (Phi) is 3.77. The molecule has 2 aliphatic heterocycles. The third-order valence-corrected chi connectivity index (χ3v) is 4.80. The second kappa shape index (κ2) is 5.53. The van der Waals surface area contributed by atoms with E-state index in [-0.39, 0.29) is 5.91 Å². The highest BCUT2D eigenvalue weighted by atomic mass is 127. The summed E-state index contributed by atoms with van der Waals surface area (Å²) in [6.45, 7) is 3.11. The van der Waals surface area contributed by atoms with Crippen molar-refractivity contribution in [2.75, 3.05) is 31.1 Å². The van der Waals surface area contributed by atoms with Crippen LogP contribution >= 0.6 is 22.6 Å². The van der Waals surface area contributed by atoms with Crippen molar-refractivity contribution in [2.24, 2.45) is 0 Å². The van der Waals surface area contributed by atoms with Gasteiger partial charge in [-0.25, -0.2) is 0 Å². The molecule has 2 aliphatic rings. The maximum atomic E-state index is 12.3. The van der Waals surface area contributed by atoms with Crippen molar-refractivity contribution in [3.05, 3.63) is 39.5 Å². The summed E-state index contributed by atoms with van der Waals surface area (Å²) in [5.41, 5.74) is 2.60. The zero-order valence-corrected chi connectivity index (χ0v) is 13.0. The molecule has 0 aliphatic carbocycles. The van der Waals surface area contributed by atoms with E-state index >= 15 is 0 Å². The Bertz CT molecular complexity index is 527. The van der Waals surface area contributed by atoms with Gasteiger partial charge in [0.1, 0.15) is 0 Å². The van der Waals surface area contributed by atoms with Crippen LogP contribution in [-0.4, -0.2) is 37.0 Å². The van der Waals surface area contributed by atoms with E-state index in [9.17, 15) is 4.79 Å². The van der Waals surface area contributed by atoms with Crippen LogP contribution in [0.5, 0.6) is 0 Å².